The van der Waals surface area contributed by atoms with Crippen LogP contribution in [0.1, 0.15) is 13.3 Å². The van der Waals surface area contributed by atoms with Crippen molar-refractivity contribution in [1.29, 1.82) is 0 Å². The topological polar surface area (TPSA) is 12.4 Å². The van der Waals surface area contributed by atoms with Gasteiger partial charge in [-0.3, -0.25) is 4.99 Å². The Kier molecular flexibility index (Phi) is 1.69. The lowest BCUT2D eigenvalue weighted by Crippen LogP contribution is -1.96. The van der Waals surface area contributed by atoms with Gasteiger partial charge in [0.1, 0.15) is 0 Å². The second-order valence-electron chi connectivity index (χ2n) is 1.77. The third-order valence-electron chi connectivity index (χ3n) is 1.20. The molecule has 0 aromatic carbocycles. The molecule has 0 aliphatic carbocycles. The highest BCUT2D eigenvalue weighted by atomic mass is 35.5. The summed E-state index contributed by atoms with van der Waals surface area (Å²) in [6, 6.07) is 0.261. The van der Waals surface area contributed by atoms with Crippen LogP contribution in [0.5, 0.6) is 0 Å². The third kappa shape index (κ3) is 0.920. The first-order valence-electron chi connectivity index (χ1n) is 2.73. The Morgan fingerprint density at radius 3 is 2.88 bits per heavy atom. The molecule has 0 fully saturated rings. The Balaban J connectivity index is 2.58. The third-order valence-corrected chi connectivity index (χ3v) is 1.58. The number of hydrogen-bond donors (Lipinski definition) is 0. The first-order valence-corrected chi connectivity index (χ1v) is 3.11. The van der Waals surface area contributed by atoms with E-state index < -0.39 is 0 Å². The van der Waals surface area contributed by atoms with Crippen LogP contribution >= 0.6 is 11.6 Å². The highest BCUT2D eigenvalue weighted by Crippen LogP contribution is 2.17. The molecule has 2 heteroatoms. The fourth-order valence-corrected chi connectivity index (χ4v) is 0.968. The summed E-state index contributed by atoms with van der Waals surface area (Å²) in [5.74, 6) is 0. The van der Waals surface area contributed by atoms with E-state index in [1.54, 1.807) is 6.21 Å². The van der Waals surface area contributed by atoms with Crippen molar-refractivity contribution in [2.45, 2.75) is 19.4 Å². The molecule has 1 heterocycles. The summed E-state index contributed by atoms with van der Waals surface area (Å²) in [4.78, 5) is 4.09. The van der Waals surface area contributed by atoms with Crippen molar-refractivity contribution in [2.24, 2.45) is 4.99 Å². The highest BCUT2D eigenvalue weighted by molar-refractivity contribution is 6.31. The predicted octanol–water partition coefficient (Wildman–Crippen LogP) is 1.97. The van der Waals surface area contributed by atoms with E-state index in [9.17, 15) is 0 Å². The van der Waals surface area contributed by atoms with Gasteiger partial charge in [-0.25, -0.2) is 0 Å². The zero-order chi connectivity index (χ0) is 5.98. The molecule has 1 aliphatic rings. The standard InChI is InChI=1S/C6H8ClN/c1-2-6-5(7)3-4-8-6/h3-4,6H,2H2,1H3. The van der Waals surface area contributed by atoms with Crippen LogP contribution in [-0.4, -0.2) is 12.3 Å². The van der Waals surface area contributed by atoms with Gasteiger partial charge in [0.15, 0.2) is 0 Å². The maximum absolute atomic E-state index is 5.71. The van der Waals surface area contributed by atoms with Crippen LogP contribution in [-0.2, 0) is 0 Å². The molecule has 8 heavy (non-hydrogen) atoms. The van der Waals surface area contributed by atoms with Gasteiger partial charge in [0.05, 0.1) is 6.04 Å². The monoisotopic (exact) mass is 129 g/mol. The Bertz CT molecular complexity index is 137. The maximum Gasteiger partial charge on any atom is 0.0852 e. The van der Waals surface area contributed by atoms with Crippen LogP contribution in [0.4, 0.5) is 0 Å². The quantitative estimate of drug-likeness (QED) is 0.514. The van der Waals surface area contributed by atoms with Crippen molar-refractivity contribution in [3.63, 3.8) is 0 Å². The van der Waals surface area contributed by atoms with Gasteiger partial charge >= 0.3 is 0 Å². The van der Waals surface area contributed by atoms with Crippen molar-refractivity contribution in [3.8, 4) is 0 Å². The van der Waals surface area contributed by atoms with E-state index in [0.717, 1.165) is 11.5 Å². The van der Waals surface area contributed by atoms with Crippen LogP contribution in [0, 0.1) is 0 Å². The van der Waals surface area contributed by atoms with Crippen molar-refractivity contribution in [2.75, 3.05) is 0 Å². The van der Waals surface area contributed by atoms with Crippen LogP contribution in [0.3, 0.4) is 0 Å². The summed E-state index contributed by atoms with van der Waals surface area (Å²) in [6.07, 6.45) is 4.61. The fraction of sp³-hybridized carbons (Fsp3) is 0.500. The van der Waals surface area contributed by atoms with Gasteiger partial charge in [-0.15, -0.1) is 0 Å². The van der Waals surface area contributed by atoms with E-state index in [0.29, 0.717) is 0 Å². The number of nitrogens with zero attached hydrogens (tertiary/aromatic N) is 1. The van der Waals surface area contributed by atoms with E-state index in [1.165, 1.54) is 0 Å². The summed E-state index contributed by atoms with van der Waals surface area (Å²) in [7, 11) is 0. The van der Waals surface area contributed by atoms with Gasteiger partial charge in [0, 0.05) is 11.2 Å². The predicted molar refractivity (Wildman–Crippen MR) is 36.5 cm³/mol. The lowest BCUT2D eigenvalue weighted by Gasteiger charge is -1.99. The summed E-state index contributed by atoms with van der Waals surface area (Å²) in [5, 5.41) is 0.868. The minimum absolute atomic E-state index is 0.261. The van der Waals surface area contributed by atoms with E-state index in [2.05, 4.69) is 11.9 Å². The second-order valence-corrected chi connectivity index (χ2v) is 2.21. The van der Waals surface area contributed by atoms with E-state index in [4.69, 9.17) is 11.6 Å². The van der Waals surface area contributed by atoms with Crippen molar-refractivity contribution in [1.82, 2.24) is 0 Å². The molecule has 1 aliphatic heterocycles. The zero-order valence-corrected chi connectivity index (χ0v) is 5.52. The van der Waals surface area contributed by atoms with Crippen LogP contribution in [0.2, 0.25) is 0 Å². The Morgan fingerprint density at radius 1 is 1.88 bits per heavy atom. The molecule has 0 saturated carbocycles. The normalized spacial score (nSPS) is 26.2. The van der Waals surface area contributed by atoms with Crippen LogP contribution in [0.25, 0.3) is 0 Å². The van der Waals surface area contributed by atoms with Gasteiger partial charge < -0.3 is 0 Å². The lowest BCUT2D eigenvalue weighted by atomic mass is 10.2. The molecule has 44 valence electrons. The van der Waals surface area contributed by atoms with Crippen molar-refractivity contribution in [3.05, 3.63) is 11.1 Å². The zero-order valence-electron chi connectivity index (χ0n) is 4.76. The van der Waals surface area contributed by atoms with Crippen molar-refractivity contribution < 1.29 is 0 Å². The molecule has 0 aromatic rings. The molecule has 0 amide bonds. The molecule has 0 aromatic heterocycles. The average molecular weight is 130 g/mol. The van der Waals surface area contributed by atoms with Crippen molar-refractivity contribution >= 4 is 17.8 Å². The van der Waals surface area contributed by atoms with Crippen LogP contribution in [0.15, 0.2) is 16.1 Å². The van der Waals surface area contributed by atoms with E-state index in [-0.39, 0.29) is 6.04 Å². The fourth-order valence-electron chi connectivity index (χ4n) is 0.701. The molecule has 0 N–H and O–H groups in total. The molecular formula is C6H8ClN. The molecule has 1 nitrogen and oxygen atoms in total. The number of allylic oxidation sites excluding steroid dienone is 1. The SMILES string of the molecule is CCC1N=CC=C1Cl. The summed E-state index contributed by atoms with van der Waals surface area (Å²) < 4.78 is 0. The molecule has 0 bridgehead atoms. The lowest BCUT2D eigenvalue weighted by molar-refractivity contribution is 0.787. The van der Waals surface area contributed by atoms with Gasteiger partial charge in [0.2, 0.25) is 0 Å². The van der Waals surface area contributed by atoms with Gasteiger partial charge in [-0.1, -0.05) is 18.5 Å². The average Bonchev–Trinajstić information content (AvgIpc) is 2.14. The molecule has 1 rings (SSSR count). The number of hydrogen-bond acceptors (Lipinski definition) is 1. The molecule has 0 saturated heterocycles. The molecule has 0 spiro atoms. The van der Waals surface area contributed by atoms with E-state index >= 15 is 0 Å². The largest absolute Gasteiger partial charge is 0.284 e. The Hall–Kier alpha value is -0.300. The summed E-state index contributed by atoms with van der Waals surface area (Å²) >= 11 is 5.71. The number of halogens is 1. The molecule has 1 atom stereocenters. The number of rotatable bonds is 1. The Labute approximate surface area is 54.1 Å². The van der Waals surface area contributed by atoms with Crippen LogP contribution < -0.4 is 0 Å². The van der Waals surface area contributed by atoms with Gasteiger partial charge in [-0.2, -0.15) is 0 Å². The minimum Gasteiger partial charge on any atom is -0.284 e. The Morgan fingerprint density at radius 2 is 2.62 bits per heavy atom. The first-order chi connectivity index (χ1) is 3.84. The second kappa shape index (κ2) is 2.31. The summed E-state index contributed by atoms with van der Waals surface area (Å²) in [6.45, 7) is 2.07. The number of aliphatic imine (C=N–C) groups is 1. The molecule has 0 radical (unpaired) electrons. The molecular weight excluding hydrogens is 122 g/mol. The smallest absolute Gasteiger partial charge is 0.0852 e. The minimum atomic E-state index is 0.261. The van der Waals surface area contributed by atoms with Gasteiger partial charge in [-0.05, 0) is 12.5 Å². The first kappa shape index (κ1) is 5.83. The van der Waals surface area contributed by atoms with Gasteiger partial charge in [0.25, 0.3) is 0 Å². The van der Waals surface area contributed by atoms with E-state index in [1.807, 2.05) is 6.08 Å². The molecule has 1 unspecified atom stereocenters. The summed E-state index contributed by atoms with van der Waals surface area (Å²) in [5.41, 5.74) is 0. The highest BCUT2D eigenvalue weighted by Gasteiger charge is 2.09. The maximum atomic E-state index is 5.71.